The van der Waals surface area contributed by atoms with Crippen molar-refractivity contribution in [2.45, 2.75) is 12.2 Å². The second kappa shape index (κ2) is 3.92. The number of benzene rings is 1. The first-order valence-electron chi connectivity index (χ1n) is 4.61. The molecule has 0 amide bonds. The molecule has 0 spiro atoms. The molecule has 1 aromatic heterocycles. The summed E-state index contributed by atoms with van der Waals surface area (Å²) in [6.45, 7) is 0. The summed E-state index contributed by atoms with van der Waals surface area (Å²) in [7, 11) is 0. The number of aliphatic hydroxyl groups excluding tert-OH is 2. The van der Waals surface area contributed by atoms with Gasteiger partial charge in [-0.1, -0.05) is 12.1 Å². The largest absolute Gasteiger partial charge is 0.547 e. The lowest BCUT2D eigenvalue weighted by Crippen LogP contribution is -2.39. The van der Waals surface area contributed by atoms with Crippen LogP contribution >= 0.6 is 0 Å². The van der Waals surface area contributed by atoms with Gasteiger partial charge < -0.3 is 25.1 Å². The Morgan fingerprint density at radius 2 is 2.06 bits per heavy atom. The maximum atomic E-state index is 10.4. The summed E-state index contributed by atoms with van der Waals surface area (Å²) in [6.07, 6.45) is -3.63. The van der Waals surface area contributed by atoms with Gasteiger partial charge in [-0.25, -0.2) is 4.98 Å². The Morgan fingerprint density at radius 1 is 1.38 bits per heavy atom. The lowest BCUT2D eigenvalue weighted by molar-refractivity contribution is -0.318. The Kier molecular flexibility index (Phi) is 2.59. The van der Waals surface area contributed by atoms with Crippen LogP contribution in [0.15, 0.2) is 24.3 Å². The molecule has 2 atom stereocenters. The number of H-pyrrole nitrogens is 1. The minimum atomic E-state index is -2.00. The number of imidazole rings is 1. The second-order valence-electron chi connectivity index (χ2n) is 3.35. The van der Waals surface area contributed by atoms with Crippen molar-refractivity contribution in [3.63, 3.8) is 0 Å². The second-order valence-corrected chi connectivity index (χ2v) is 3.35. The maximum Gasteiger partial charge on any atom is 0.143 e. The fourth-order valence-electron chi connectivity index (χ4n) is 1.39. The number of hydrogen-bond donors (Lipinski definition) is 3. The molecule has 6 heteroatoms. The SMILES string of the molecule is O=C([O-])C(O)C(O)c1nc2ccccc2[nH]1. The predicted molar refractivity (Wildman–Crippen MR) is 52.1 cm³/mol. The van der Waals surface area contributed by atoms with Gasteiger partial charge in [0.1, 0.15) is 18.0 Å². The average molecular weight is 221 g/mol. The Labute approximate surface area is 90.2 Å². The van der Waals surface area contributed by atoms with E-state index >= 15 is 0 Å². The van der Waals surface area contributed by atoms with E-state index in [1.807, 2.05) is 0 Å². The number of para-hydroxylation sites is 2. The van der Waals surface area contributed by atoms with Crippen molar-refractivity contribution in [2.24, 2.45) is 0 Å². The molecule has 3 N–H and O–H groups in total. The third kappa shape index (κ3) is 1.75. The molecule has 84 valence electrons. The number of aromatic nitrogens is 2. The molecule has 0 aliphatic rings. The summed E-state index contributed by atoms with van der Waals surface area (Å²) in [4.78, 5) is 17.0. The first kappa shape index (κ1) is 10.6. The number of hydrogen-bond acceptors (Lipinski definition) is 5. The number of carboxylic acids is 1. The van der Waals surface area contributed by atoms with Gasteiger partial charge in [-0.05, 0) is 12.1 Å². The lowest BCUT2D eigenvalue weighted by atomic mass is 10.2. The van der Waals surface area contributed by atoms with Crippen LogP contribution in [0, 0.1) is 0 Å². The maximum absolute atomic E-state index is 10.4. The van der Waals surface area contributed by atoms with Crippen LogP contribution in [-0.4, -0.2) is 32.3 Å². The van der Waals surface area contributed by atoms with Crippen LogP contribution in [0.2, 0.25) is 0 Å². The molecule has 0 bridgehead atoms. The highest BCUT2D eigenvalue weighted by Gasteiger charge is 2.22. The van der Waals surface area contributed by atoms with Crippen LogP contribution in [-0.2, 0) is 4.79 Å². The van der Waals surface area contributed by atoms with Gasteiger partial charge in [0.2, 0.25) is 0 Å². The Hall–Kier alpha value is -1.92. The number of nitrogens with one attached hydrogen (secondary N) is 1. The van der Waals surface area contributed by atoms with Crippen LogP contribution in [0.5, 0.6) is 0 Å². The third-order valence-electron chi connectivity index (χ3n) is 2.23. The number of fused-ring (bicyclic) bond motifs is 1. The minimum absolute atomic E-state index is 0.00194. The average Bonchev–Trinajstić information content (AvgIpc) is 2.70. The molecule has 1 heterocycles. The highest BCUT2D eigenvalue weighted by Crippen LogP contribution is 2.17. The molecule has 2 unspecified atom stereocenters. The van der Waals surface area contributed by atoms with Gasteiger partial charge in [-0.2, -0.15) is 0 Å². The number of nitrogens with zero attached hydrogens (tertiary/aromatic N) is 1. The number of rotatable bonds is 3. The van der Waals surface area contributed by atoms with E-state index in [9.17, 15) is 15.0 Å². The zero-order chi connectivity index (χ0) is 11.7. The van der Waals surface area contributed by atoms with Gasteiger partial charge >= 0.3 is 0 Å². The molecule has 2 aromatic rings. The van der Waals surface area contributed by atoms with Gasteiger partial charge in [0, 0.05) is 0 Å². The Morgan fingerprint density at radius 3 is 2.69 bits per heavy atom. The highest BCUT2D eigenvalue weighted by molar-refractivity contribution is 5.75. The molecule has 16 heavy (non-hydrogen) atoms. The van der Waals surface area contributed by atoms with E-state index in [2.05, 4.69) is 9.97 Å². The van der Waals surface area contributed by atoms with Gasteiger partial charge in [0.25, 0.3) is 0 Å². The number of carbonyl (C=O) groups is 1. The van der Waals surface area contributed by atoms with E-state index in [4.69, 9.17) is 5.11 Å². The number of aromatic amines is 1. The first-order chi connectivity index (χ1) is 7.59. The molecule has 2 rings (SSSR count). The number of carboxylic acid groups (broad SMARTS) is 1. The smallest absolute Gasteiger partial charge is 0.143 e. The Balaban J connectivity index is 2.36. The van der Waals surface area contributed by atoms with Crippen molar-refractivity contribution < 1.29 is 20.1 Å². The fourth-order valence-corrected chi connectivity index (χ4v) is 1.39. The standard InChI is InChI=1S/C10H10N2O4/c13-7(8(14)10(15)16)9-11-5-3-1-2-4-6(5)12-9/h1-4,7-8,13-14H,(H,11,12)(H,15,16)/p-1. The number of carbonyl (C=O) groups excluding carboxylic acids is 1. The lowest BCUT2D eigenvalue weighted by Gasteiger charge is -2.15. The normalized spacial score (nSPS) is 14.9. The van der Waals surface area contributed by atoms with Gasteiger partial charge in [-0.3, -0.25) is 0 Å². The third-order valence-corrected chi connectivity index (χ3v) is 2.23. The molecule has 0 fully saturated rings. The van der Waals surface area contributed by atoms with Crippen molar-refractivity contribution in [3.8, 4) is 0 Å². The quantitative estimate of drug-likeness (QED) is 0.597. The first-order valence-corrected chi connectivity index (χ1v) is 4.61. The van der Waals surface area contributed by atoms with Crippen LogP contribution in [0.25, 0.3) is 11.0 Å². The van der Waals surface area contributed by atoms with Crippen molar-refractivity contribution in [1.82, 2.24) is 9.97 Å². The zero-order valence-corrected chi connectivity index (χ0v) is 8.12. The van der Waals surface area contributed by atoms with Gasteiger partial charge in [0.15, 0.2) is 0 Å². The Bertz CT molecular complexity index is 489. The predicted octanol–water partition coefficient (Wildman–Crippen LogP) is -1.29. The summed E-state index contributed by atoms with van der Waals surface area (Å²) >= 11 is 0. The summed E-state index contributed by atoms with van der Waals surface area (Å²) in [5, 5.41) is 29.0. The van der Waals surface area contributed by atoms with Crippen LogP contribution in [0.3, 0.4) is 0 Å². The van der Waals surface area contributed by atoms with E-state index in [1.54, 1.807) is 24.3 Å². The molecule has 0 saturated carbocycles. The number of aliphatic hydroxyl groups is 2. The molecule has 0 saturated heterocycles. The van der Waals surface area contributed by atoms with Crippen molar-refractivity contribution >= 4 is 17.0 Å². The number of aliphatic carboxylic acids is 1. The molecule has 0 aliphatic carbocycles. The van der Waals surface area contributed by atoms with Gasteiger partial charge in [0.05, 0.1) is 17.0 Å². The van der Waals surface area contributed by atoms with Crippen LogP contribution < -0.4 is 5.11 Å². The zero-order valence-electron chi connectivity index (χ0n) is 8.12. The summed E-state index contributed by atoms with van der Waals surface area (Å²) in [5.41, 5.74) is 1.24. The minimum Gasteiger partial charge on any atom is -0.547 e. The van der Waals surface area contributed by atoms with E-state index < -0.39 is 18.2 Å². The van der Waals surface area contributed by atoms with Crippen molar-refractivity contribution in [3.05, 3.63) is 30.1 Å². The molecule has 0 radical (unpaired) electrons. The van der Waals surface area contributed by atoms with E-state index in [0.29, 0.717) is 11.0 Å². The monoisotopic (exact) mass is 221 g/mol. The summed E-state index contributed by atoms with van der Waals surface area (Å²) in [6, 6.07) is 6.96. The van der Waals surface area contributed by atoms with Crippen molar-refractivity contribution in [2.75, 3.05) is 0 Å². The van der Waals surface area contributed by atoms with Crippen LogP contribution in [0.1, 0.15) is 11.9 Å². The molecule has 0 aliphatic heterocycles. The topological polar surface area (TPSA) is 109 Å². The van der Waals surface area contributed by atoms with E-state index in [0.717, 1.165) is 0 Å². The van der Waals surface area contributed by atoms with E-state index in [1.165, 1.54) is 0 Å². The fraction of sp³-hybridized carbons (Fsp3) is 0.200. The van der Waals surface area contributed by atoms with Crippen molar-refractivity contribution in [1.29, 1.82) is 0 Å². The molecular formula is C10H9N2O4-. The summed E-state index contributed by atoms with van der Waals surface area (Å²) < 4.78 is 0. The van der Waals surface area contributed by atoms with Gasteiger partial charge in [-0.15, -0.1) is 0 Å². The van der Waals surface area contributed by atoms with Crippen LogP contribution in [0.4, 0.5) is 0 Å². The summed E-state index contributed by atoms with van der Waals surface area (Å²) in [5.74, 6) is -1.74. The highest BCUT2D eigenvalue weighted by atomic mass is 16.4. The molecule has 1 aromatic carbocycles. The van der Waals surface area contributed by atoms with E-state index in [-0.39, 0.29) is 5.82 Å². The molecular weight excluding hydrogens is 212 g/mol. The molecule has 6 nitrogen and oxygen atoms in total.